The predicted octanol–water partition coefficient (Wildman–Crippen LogP) is 2.44. The SMILES string of the molecule is Cc1cc(C(N)=O)cc(C(N)=O)c1NC(=O)c1cc(Br)nn1-c1ncccc1Cl. The Balaban J connectivity index is 2.06. The van der Waals surface area contributed by atoms with Crippen LogP contribution in [0.3, 0.4) is 0 Å². The molecule has 3 rings (SSSR count). The number of carbonyl (C=O) groups is 3. The number of pyridine rings is 1. The lowest BCUT2D eigenvalue weighted by atomic mass is 10.0. The number of aryl methyl sites for hydroxylation is 1. The largest absolute Gasteiger partial charge is 0.366 e. The monoisotopic (exact) mass is 476 g/mol. The molecule has 2 aromatic heterocycles. The van der Waals surface area contributed by atoms with Gasteiger partial charge in [-0.2, -0.15) is 5.10 Å². The predicted molar refractivity (Wildman–Crippen MR) is 110 cm³/mol. The van der Waals surface area contributed by atoms with Gasteiger partial charge in [0.25, 0.3) is 11.8 Å². The van der Waals surface area contributed by atoms with E-state index in [1.54, 1.807) is 19.1 Å². The smallest absolute Gasteiger partial charge is 0.274 e. The van der Waals surface area contributed by atoms with E-state index in [1.807, 2.05) is 0 Å². The van der Waals surface area contributed by atoms with Gasteiger partial charge in [-0.25, -0.2) is 9.67 Å². The first kappa shape index (κ1) is 20.5. The van der Waals surface area contributed by atoms with E-state index in [-0.39, 0.29) is 33.3 Å². The molecular weight excluding hydrogens is 464 g/mol. The van der Waals surface area contributed by atoms with E-state index >= 15 is 0 Å². The van der Waals surface area contributed by atoms with Gasteiger partial charge in [-0.05, 0) is 52.7 Å². The molecular formula is C18H14BrClN6O3. The van der Waals surface area contributed by atoms with Crippen LogP contribution in [0.4, 0.5) is 5.69 Å². The van der Waals surface area contributed by atoms with Gasteiger partial charge in [-0.15, -0.1) is 0 Å². The number of rotatable bonds is 5. The second kappa shape index (κ2) is 8.02. The minimum absolute atomic E-state index is 0.0480. The number of hydrogen-bond donors (Lipinski definition) is 3. The lowest BCUT2D eigenvalue weighted by Crippen LogP contribution is -2.23. The van der Waals surface area contributed by atoms with E-state index in [0.717, 1.165) is 0 Å². The molecule has 0 spiro atoms. The summed E-state index contributed by atoms with van der Waals surface area (Å²) in [5, 5.41) is 7.12. The van der Waals surface area contributed by atoms with Crippen LogP contribution in [0.15, 0.2) is 41.1 Å². The molecule has 0 unspecified atom stereocenters. The van der Waals surface area contributed by atoms with E-state index in [1.165, 1.54) is 29.1 Å². The van der Waals surface area contributed by atoms with E-state index in [4.69, 9.17) is 23.1 Å². The lowest BCUT2D eigenvalue weighted by molar-refractivity contribution is 0.0997. The highest BCUT2D eigenvalue weighted by molar-refractivity contribution is 9.10. The van der Waals surface area contributed by atoms with Gasteiger partial charge in [0.2, 0.25) is 5.91 Å². The number of primary amides is 2. The molecule has 1 aromatic carbocycles. The van der Waals surface area contributed by atoms with Crippen molar-refractivity contribution >= 4 is 50.9 Å². The van der Waals surface area contributed by atoms with Crippen LogP contribution in [0.25, 0.3) is 5.82 Å². The summed E-state index contributed by atoms with van der Waals surface area (Å²) < 4.78 is 1.64. The molecule has 0 aliphatic carbocycles. The van der Waals surface area contributed by atoms with Crippen molar-refractivity contribution in [2.24, 2.45) is 11.5 Å². The molecule has 11 heteroatoms. The van der Waals surface area contributed by atoms with Crippen molar-refractivity contribution in [1.29, 1.82) is 0 Å². The summed E-state index contributed by atoms with van der Waals surface area (Å²) in [5.74, 6) is -1.89. The highest BCUT2D eigenvalue weighted by atomic mass is 79.9. The Kier molecular flexibility index (Phi) is 5.66. The van der Waals surface area contributed by atoms with Crippen molar-refractivity contribution in [2.45, 2.75) is 6.92 Å². The molecule has 29 heavy (non-hydrogen) atoms. The van der Waals surface area contributed by atoms with Crippen LogP contribution < -0.4 is 16.8 Å². The highest BCUT2D eigenvalue weighted by Gasteiger charge is 2.22. The standard InChI is InChI=1S/C18H14BrClN6O3/c1-8-5-9(15(21)27)6-10(16(22)28)14(8)24-18(29)12-7-13(19)25-26(12)17-11(20)3-2-4-23-17/h2-7H,1H3,(H2,21,27)(H2,22,28)(H,24,29). The molecule has 3 amide bonds. The van der Waals surface area contributed by atoms with Gasteiger partial charge < -0.3 is 16.8 Å². The number of carbonyl (C=O) groups excluding carboxylic acids is 3. The molecule has 2 heterocycles. The van der Waals surface area contributed by atoms with Crippen molar-refractivity contribution in [2.75, 3.05) is 5.32 Å². The minimum atomic E-state index is -0.825. The van der Waals surface area contributed by atoms with Gasteiger partial charge >= 0.3 is 0 Å². The number of anilines is 1. The van der Waals surface area contributed by atoms with Gasteiger partial charge in [-0.3, -0.25) is 14.4 Å². The van der Waals surface area contributed by atoms with Crippen molar-refractivity contribution < 1.29 is 14.4 Å². The zero-order chi connectivity index (χ0) is 21.3. The number of nitrogens with two attached hydrogens (primary N) is 2. The second-order valence-corrected chi connectivity index (χ2v) is 7.19. The van der Waals surface area contributed by atoms with Crippen molar-refractivity contribution in [1.82, 2.24) is 14.8 Å². The third kappa shape index (κ3) is 4.13. The summed E-state index contributed by atoms with van der Waals surface area (Å²) >= 11 is 9.40. The first-order valence-electron chi connectivity index (χ1n) is 8.11. The molecule has 0 aliphatic heterocycles. The molecule has 5 N–H and O–H groups in total. The molecule has 0 saturated heterocycles. The number of aromatic nitrogens is 3. The third-order valence-electron chi connectivity index (χ3n) is 3.98. The Morgan fingerprint density at radius 3 is 2.52 bits per heavy atom. The Morgan fingerprint density at radius 2 is 1.90 bits per heavy atom. The summed E-state index contributed by atoms with van der Waals surface area (Å²) in [6.45, 7) is 1.61. The van der Waals surface area contributed by atoms with Crippen LogP contribution >= 0.6 is 27.5 Å². The van der Waals surface area contributed by atoms with Gasteiger partial charge in [0, 0.05) is 17.8 Å². The number of halogens is 2. The number of benzene rings is 1. The molecule has 0 atom stereocenters. The molecule has 0 bridgehead atoms. The average molecular weight is 478 g/mol. The maximum atomic E-state index is 13.0. The molecule has 0 aliphatic rings. The maximum absolute atomic E-state index is 13.0. The Labute approximate surface area is 178 Å². The van der Waals surface area contributed by atoms with E-state index in [0.29, 0.717) is 10.2 Å². The van der Waals surface area contributed by atoms with Crippen molar-refractivity contribution in [3.8, 4) is 5.82 Å². The molecule has 148 valence electrons. The fraction of sp³-hybridized carbons (Fsp3) is 0.0556. The normalized spacial score (nSPS) is 10.6. The Hall–Kier alpha value is -3.24. The van der Waals surface area contributed by atoms with Gasteiger partial charge in [0.1, 0.15) is 10.3 Å². The number of amides is 3. The summed E-state index contributed by atoms with van der Waals surface area (Å²) in [6.07, 6.45) is 1.51. The number of nitrogens with zero attached hydrogens (tertiary/aromatic N) is 3. The molecule has 9 nitrogen and oxygen atoms in total. The van der Waals surface area contributed by atoms with Gasteiger partial charge in [0.05, 0.1) is 16.3 Å². The summed E-state index contributed by atoms with van der Waals surface area (Å²) in [7, 11) is 0. The maximum Gasteiger partial charge on any atom is 0.274 e. The van der Waals surface area contributed by atoms with Crippen molar-refractivity contribution in [3.05, 3.63) is 68.5 Å². The molecule has 0 saturated carbocycles. The zero-order valence-corrected chi connectivity index (χ0v) is 17.3. The lowest BCUT2D eigenvalue weighted by Gasteiger charge is -2.14. The summed E-state index contributed by atoms with van der Waals surface area (Å²) in [6, 6.07) is 7.41. The quantitative estimate of drug-likeness (QED) is 0.516. The van der Waals surface area contributed by atoms with Crippen molar-refractivity contribution in [3.63, 3.8) is 0 Å². The van der Waals surface area contributed by atoms with E-state index < -0.39 is 17.7 Å². The fourth-order valence-electron chi connectivity index (χ4n) is 2.68. The number of hydrogen-bond acceptors (Lipinski definition) is 5. The second-order valence-electron chi connectivity index (χ2n) is 5.97. The minimum Gasteiger partial charge on any atom is -0.366 e. The summed E-state index contributed by atoms with van der Waals surface area (Å²) in [4.78, 5) is 40.5. The number of nitrogens with one attached hydrogen (secondary N) is 1. The van der Waals surface area contributed by atoms with Gasteiger partial charge in [-0.1, -0.05) is 11.6 Å². The van der Waals surface area contributed by atoms with Crippen LogP contribution in [0.2, 0.25) is 5.02 Å². The van der Waals surface area contributed by atoms with E-state index in [9.17, 15) is 14.4 Å². The van der Waals surface area contributed by atoms with E-state index in [2.05, 4.69) is 31.3 Å². The van der Waals surface area contributed by atoms with Crippen LogP contribution in [0.1, 0.15) is 36.8 Å². The van der Waals surface area contributed by atoms with Crippen LogP contribution in [-0.2, 0) is 0 Å². The van der Waals surface area contributed by atoms with Crippen LogP contribution in [-0.4, -0.2) is 32.5 Å². The first-order valence-corrected chi connectivity index (χ1v) is 9.28. The Morgan fingerprint density at radius 1 is 1.17 bits per heavy atom. The topological polar surface area (TPSA) is 146 Å². The molecule has 0 radical (unpaired) electrons. The summed E-state index contributed by atoms with van der Waals surface area (Å²) in [5.41, 5.74) is 11.4. The Bertz CT molecular complexity index is 1160. The average Bonchev–Trinajstić information content (AvgIpc) is 3.04. The van der Waals surface area contributed by atoms with Crippen LogP contribution in [0.5, 0.6) is 0 Å². The molecule has 3 aromatic rings. The first-order chi connectivity index (χ1) is 13.7. The molecule has 0 fully saturated rings. The third-order valence-corrected chi connectivity index (χ3v) is 4.66. The zero-order valence-electron chi connectivity index (χ0n) is 14.9. The van der Waals surface area contributed by atoms with Gasteiger partial charge in [0.15, 0.2) is 5.82 Å². The highest BCUT2D eigenvalue weighted by Crippen LogP contribution is 2.26. The fourth-order valence-corrected chi connectivity index (χ4v) is 3.25. The van der Waals surface area contributed by atoms with Crippen LogP contribution in [0, 0.1) is 6.92 Å².